The van der Waals surface area contributed by atoms with Gasteiger partial charge in [0, 0.05) is 11.6 Å². The lowest BCUT2D eigenvalue weighted by Crippen LogP contribution is -2.12. The molecule has 0 bridgehead atoms. The molecule has 1 aromatic carbocycles. The number of benzene rings is 1. The van der Waals surface area contributed by atoms with E-state index in [9.17, 15) is 18.0 Å². The number of allylic oxidation sites excluding steroid dienone is 1. The van der Waals surface area contributed by atoms with Gasteiger partial charge in [0.25, 0.3) is 0 Å². The van der Waals surface area contributed by atoms with Crippen molar-refractivity contribution < 1.29 is 23.1 Å². The van der Waals surface area contributed by atoms with E-state index in [2.05, 4.69) is 0 Å². The van der Waals surface area contributed by atoms with E-state index in [0.717, 1.165) is 6.08 Å². The molecule has 0 unspecified atom stereocenters. The van der Waals surface area contributed by atoms with Crippen LogP contribution in [-0.4, -0.2) is 25.3 Å². The van der Waals surface area contributed by atoms with Crippen molar-refractivity contribution in [2.45, 2.75) is 4.90 Å². The van der Waals surface area contributed by atoms with Gasteiger partial charge in [-0.1, -0.05) is 0 Å². The minimum atomic E-state index is -3.79. The van der Waals surface area contributed by atoms with Gasteiger partial charge in [-0.05, 0) is 30.3 Å². The summed E-state index contributed by atoms with van der Waals surface area (Å²) in [6.07, 6.45) is 1.59. The Bertz CT molecular complexity index is 571. The lowest BCUT2D eigenvalue weighted by molar-refractivity contribution is -0.131. The number of carboxylic acid groups (broad SMARTS) is 1. The normalized spacial score (nSPS) is 11.6. The van der Waals surface area contributed by atoms with Gasteiger partial charge in [-0.25, -0.2) is 18.4 Å². The Hall–Kier alpha value is -1.99. The van der Waals surface area contributed by atoms with Crippen molar-refractivity contribution in [3.05, 3.63) is 42.0 Å². The number of carboxylic acids is 1. The Morgan fingerprint density at radius 3 is 2.06 bits per heavy atom. The number of aliphatic carboxylic acids is 1. The summed E-state index contributed by atoms with van der Waals surface area (Å²) in [5.41, 5.74) is 0.176. The van der Waals surface area contributed by atoms with Crippen LogP contribution in [0.2, 0.25) is 0 Å². The Balaban J connectivity index is 2.96. The van der Waals surface area contributed by atoms with Gasteiger partial charge in [0.1, 0.15) is 0 Å². The van der Waals surface area contributed by atoms with Crippen LogP contribution in [0.15, 0.2) is 41.3 Å². The second kappa shape index (κ2) is 4.89. The van der Waals surface area contributed by atoms with Crippen LogP contribution in [0.1, 0.15) is 10.4 Å². The van der Waals surface area contributed by atoms with E-state index in [-0.39, 0.29) is 10.5 Å². The summed E-state index contributed by atoms with van der Waals surface area (Å²) in [6.45, 7) is 0. The van der Waals surface area contributed by atoms with Gasteiger partial charge in [-0.3, -0.25) is 4.79 Å². The zero-order valence-electron chi connectivity index (χ0n) is 8.53. The van der Waals surface area contributed by atoms with Crippen LogP contribution in [-0.2, 0) is 14.8 Å². The number of primary sulfonamides is 1. The molecule has 0 saturated heterocycles. The zero-order valence-corrected chi connectivity index (χ0v) is 9.35. The minimum absolute atomic E-state index is 0.115. The van der Waals surface area contributed by atoms with Crippen LogP contribution in [0.5, 0.6) is 0 Å². The molecule has 17 heavy (non-hydrogen) atoms. The Kier molecular flexibility index (Phi) is 3.77. The molecule has 1 rings (SSSR count). The first kappa shape index (κ1) is 13.1. The van der Waals surface area contributed by atoms with Gasteiger partial charge < -0.3 is 5.11 Å². The van der Waals surface area contributed by atoms with Crippen molar-refractivity contribution in [3.63, 3.8) is 0 Å². The Labute approximate surface area is 97.4 Å². The highest BCUT2D eigenvalue weighted by atomic mass is 32.2. The summed E-state index contributed by atoms with van der Waals surface area (Å²) in [4.78, 5) is 21.5. The highest BCUT2D eigenvalue weighted by Crippen LogP contribution is 2.09. The van der Waals surface area contributed by atoms with Crippen LogP contribution in [0.4, 0.5) is 0 Å². The van der Waals surface area contributed by atoms with E-state index in [1.807, 2.05) is 0 Å². The molecule has 3 N–H and O–H groups in total. The third kappa shape index (κ3) is 3.82. The lowest BCUT2D eigenvalue weighted by atomic mass is 10.1. The second-order valence-corrected chi connectivity index (χ2v) is 4.67. The number of carbonyl (C=O) groups excluding carboxylic acids is 1. The maximum atomic E-state index is 11.4. The molecular weight excluding hydrogens is 246 g/mol. The van der Waals surface area contributed by atoms with Crippen LogP contribution in [0.25, 0.3) is 0 Å². The highest BCUT2D eigenvalue weighted by Gasteiger charge is 2.08. The van der Waals surface area contributed by atoms with Crippen LogP contribution >= 0.6 is 0 Å². The molecule has 0 spiro atoms. The predicted octanol–water partition coefficient (Wildman–Crippen LogP) is 0.157. The maximum Gasteiger partial charge on any atom is 0.328 e. The predicted molar refractivity (Wildman–Crippen MR) is 58.9 cm³/mol. The molecule has 0 amide bonds. The summed E-state index contributed by atoms with van der Waals surface area (Å²) in [5.74, 6) is -1.77. The first-order chi connectivity index (χ1) is 7.80. The van der Waals surface area contributed by atoms with Crippen molar-refractivity contribution in [2.75, 3.05) is 0 Å². The molecule has 0 aliphatic carbocycles. The number of rotatable bonds is 4. The van der Waals surface area contributed by atoms with Crippen molar-refractivity contribution in [2.24, 2.45) is 5.14 Å². The molecule has 6 nitrogen and oxygen atoms in total. The minimum Gasteiger partial charge on any atom is -0.478 e. The van der Waals surface area contributed by atoms with Gasteiger partial charge in [0.05, 0.1) is 4.90 Å². The molecule has 1 aromatic rings. The van der Waals surface area contributed by atoms with Gasteiger partial charge >= 0.3 is 5.97 Å². The first-order valence-electron chi connectivity index (χ1n) is 4.39. The summed E-state index contributed by atoms with van der Waals surface area (Å²) in [7, 11) is -3.79. The molecule has 0 aromatic heterocycles. The Morgan fingerprint density at radius 2 is 1.65 bits per heavy atom. The highest BCUT2D eigenvalue weighted by molar-refractivity contribution is 7.89. The van der Waals surface area contributed by atoms with Crippen LogP contribution in [0.3, 0.4) is 0 Å². The molecule has 0 aliphatic rings. The monoisotopic (exact) mass is 255 g/mol. The van der Waals surface area contributed by atoms with Crippen molar-refractivity contribution in [1.82, 2.24) is 0 Å². The van der Waals surface area contributed by atoms with Gasteiger partial charge in [-0.2, -0.15) is 0 Å². The summed E-state index contributed by atoms with van der Waals surface area (Å²) in [5, 5.41) is 13.2. The fourth-order valence-corrected chi connectivity index (χ4v) is 1.57. The van der Waals surface area contributed by atoms with E-state index in [4.69, 9.17) is 10.2 Å². The quantitative estimate of drug-likeness (QED) is 0.587. The van der Waals surface area contributed by atoms with E-state index in [1.54, 1.807) is 0 Å². The lowest BCUT2D eigenvalue weighted by Gasteiger charge is -1.99. The summed E-state index contributed by atoms with van der Waals surface area (Å²) in [6, 6.07) is 4.87. The third-order valence-electron chi connectivity index (χ3n) is 1.84. The molecule has 0 atom stereocenters. The first-order valence-corrected chi connectivity index (χ1v) is 5.93. The fraction of sp³-hybridized carbons (Fsp3) is 0. The average Bonchev–Trinajstić information content (AvgIpc) is 2.25. The molecule has 0 radical (unpaired) electrons. The van der Waals surface area contributed by atoms with Crippen molar-refractivity contribution in [3.8, 4) is 0 Å². The van der Waals surface area contributed by atoms with Crippen molar-refractivity contribution >= 4 is 21.8 Å². The molecular formula is C10H9NO5S. The van der Waals surface area contributed by atoms with Crippen molar-refractivity contribution in [1.29, 1.82) is 0 Å². The van der Waals surface area contributed by atoms with Gasteiger partial charge in [0.2, 0.25) is 10.0 Å². The van der Waals surface area contributed by atoms with E-state index < -0.39 is 21.8 Å². The Morgan fingerprint density at radius 1 is 1.12 bits per heavy atom. The average molecular weight is 255 g/mol. The number of hydrogen-bond donors (Lipinski definition) is 2. The smallest absolute Gasteiger partial charge is 0.328 e. The van der Waals surface area contributed by atoms with E-state index in [1.165, 1.54) is 24.3 Å². The topological polar surface area (TPSA) is 115 Å². The van der Waals surface area contributed by atoms with E-state index >= 15 is 0 Å². The number of nitrogens with two attached hydrogens (primary N) is 1. The number of ketones is 1. The summed E-state index contributed by atoms with van der Waals surface area (Å²) < 4.78 is 21.9. The van der Waals surface area contributed by atoms with E-state index in [0.29, 0.717) is 6.08 Å². The van der Waals surface area contributed by atoms with Crippen LogP contribution < -0.4 is 5.14 Å². The largest absolute Gasteiger partial charge is 0.478 e. The maximum absolute atomic E-state index is 11.4. The molecule has 7 heteroatoms. The standard InChI is InChI=1S/C10H9NO5S/c11-17(15,16)8-3-1-7(2-4-8)9(12)5-6-10(13)14/h1-6H,(H,13,14)(H2,11,15,16)/b6-5+. The fourth-order valence-electron chi connectivity index (χ4n) is 1.05. The number of carbonyl (C=O) groups is 2. The van der Waals surface area contributed by atoms with Crippen LogP contribution in [0, 0.1) is 0 Å². The van der Waals surface area contributed by atoms with Gasteiger partial charge in [-0.15, -0.1) is 0 Å². The SMILES string of the molecule is NS(=O)(=O)c1ccc(C(=O)/C=C/C(=O)O)cc1. The number of hydrogen-bond acceptors (Lipinski definition) is 4. The molecule has 0 heterocycles. The van der Waals surface area contributed by atoms with Gasteiger partial charge in [0.15, 0.2) is 5.78 Å². The second-order valence-electron chi connectivity index (χ2n) is 3.11. The molecule has 0 saturated carbocycles. The number of sulfonamides is 1. The zero-order chi connectivity index (χ0) is 13.1. The molecule has 0 aliphatic heterocycles. The summed E-state index contributed by atoms with van der Waals surface area (Å²) >= 11 is 0. The molecule has 0 fully saturated rings. The third-order valence-corrected chi connectivity index (χ3v) is 2.77. The molecule has 90 valence electrons.